The molecule has 1 amide bonds. The minimum atomic E-state index is -0.355. The maximum atomic E-state index is 12.9. The minimum absolute atomic E-state index is 0.174. The van der Waals surface area contributed by atoms with Crippen LogP contribution in [0, 0.1) is 19.7 Å². The molecular weight excluding hydrogens is 319 g/mol. The quantitative estimate of drug-likeness (QED) is 0.759. The topological polar surface area (TPSA) is 62.0 Å². The monoisotopic (exact) mass is 338 g/mol. The Balaban J connectivity index is 1.74. The first kappa shape index (κ1) is 16.9. The third-order valence-corrected chi connectivity index (χ3v) is 4.14. The number of H-pyrrole nitrogens is 1. The zero-order valence-corrected chi connectivity index (χ0v) is 14.2. The van der Waals surface area contributed by atoms with Gasteiger partial charge in [0.2, 0.25) is 5.91 Å². The summed E-state index contributed by atoms with van der Waals surface area (Å²) in [7, 11) is 0. The molecule has 0 spiro atoms. The second kappa shape index (κ2) is 6.89. The van der Waals surface area contributed by atoms with Crippen LogP contribution in [0.25, 0.3) is 10.9 Å². The van der Waals surface area contributed by atoms with Crippen molar-refractivity contribution in [3.8, 4) is 0 Å². The molecule has 4 nitrogen and oxygen atoms in total. The van der Waals surface area contributed by atoms with Crippen LogP contribution in [-0.4, -0.2) is 10.9 Å². The lowest BCUT2D eigenvalue weighted by Gasteiger charge is -2.08. The summed E-state index contributed by atoms with van der Waals surface area (Å²) in [5.74, 6) is -0.571. The minimum Gasteiger partial charge on any atom is -0.326 e. The standard InChI is InChI=1S/C20H19FN2O2/c1-12-9-13(2)17-11-14(20(25)23-18(17)10-12)3-8-19(24)22-16-6-4-15(21)5-7-16/h4-7,9-11H,3,8H2,1-2H3,(H,22,24)(H,23,25). The molecule has 0 aliphatic carbocycles. The molecule has 2 aromatic carbocycles. The fraction of sp³-hybridized carbons (Fsp3) is 0.200. The summed E-state index contributed by atoms with van der Waals surface area (Å²) in [6, 6.07) is 11.4. The van der Waals surface area contributed by atoms with Gasteiger partial charge in [-0.15, -0.1) is 0 Å². The van der Waals surface area contributed by atoms with Crippen LogP contribution in [0.4, 0.5) is 10.1 Å². The largest absolute Gasteiger partial charge is 0.326 e. The van der Waals surface area contributed by atoms with E-state index in [-0.39, 0.29) is 23.7 Å². The van der Waals surface area contributed by atoms with E-state index >= 15 is 0 Å². The van der Waals surface area contributed by atoms with Gasteiger partial charge in [0.05, 0.1) is 0 Å². The second-order valence-corrected chi connectivity index (χ2v) is 6.22. The molecule has 0 saturated carbocycles. The van der Waals surface area contributed by atoms with Crippen molar-refractivity contribution in [2.75, 3.05) is 5.32 Å². The van der Waals surface area contributed by atoms with Gasteiger partial charge in [0.15, 0.2) is 0 Å². The number of halogens is 1. The van der Waals surface area contributed by atoms with E-state index in [1.54, 1.807) is 0 Å². The Kier molecular flexibility index (Phi) is 4.65. The Morgan fingerprint density at radius 3 is 2.56 bits per heavy atom. The van der Waals surface area contributed by atoms with Crippen LogP contribution in [-0.2, 0) is 11.2 Å². The van der Waals surface area contributed by atoms with Crippen LogP contribution in [0.2, 0.25) is 0 Å². The SMILES string of the molecule is Cc1cc(C)c2cc(CCC(=O)Nc3ccc(F)cc3)c(=O)[nH]c2c1. The number of aryl methyl sites for hydroxylation is 3. The fourth-order valence-corrected chi connectivity index (χ4v) is 2.91. The summed E-state index contributed by atoms with van der Waals surface area (Å²) < 4.78 is 12.9. The molecule has 1 aromatic heterocycles. The van der Waals surface area contributed by atoms with Gasteiger partial charge in [0, 0.05) is 28.6 Å². The van der Waals surface area contributed by atoms with Crippen molar-refractivity contribution in [2.24, 2.45) is 0 Å². The molecule has 1 heterocycles. The molecule has 0 radical (unpaired) electrons. The first-order chi connectivity index (χ1) is 11.9. The first-order valence-electron chi connectivity index (χ1n) is 8.11. The zero-order valence-electron chi connectivity index (χ0n) is 14.2. The van der Waals surface area contributed by atoms with E-state index in [0.717, 1.165) is 22.0 Å². The van der Waals surface area contributed by atoms with Crippen LogP contribution in [0.15, 0.2) is 47.3 Å². The van der Waals surface area contributed by atoms with Crippen molar-refractivity contribution in [1.29, 1.82) is 0 Å². The normalized spacial score (nSPS) is 10.8. The molecule has 3 aromatic rings. The molecule has 0 aliphatic heterocycles. The van der Waals surface area contributed by atoms with Crippen LogP contribution in [0.3, 0.4) is 0 Å². The summed E-state index contributed by atoms with van der Waals surface area (Å²) in [4.78, 5) is 27.2. The third-order valence-electron chi connectivity index (χ3n) is 4.14. The Hall–Kier alpha value is -2.95. The Labute approximate surface area is 144 Å². The van der Waals surface area contributed by atoms with Gasteiger partial charge >= 0.3 is 0 Å². The lowest BCUT2D eigenvalue weighted by Crippen LogP contribution is -2.17. The fourth-order valence-electron chi connectivity index (χ4n) is 2.91. The van der Waals surface area contributed by atoms with Gasteiger partial charge in [0.1, 0.15) is 5.82 Å². The smallest absolute Gasteiger partial charge is 0.251 e. The highest BCUT2D eigenvalue weighted by Gasteiger charge is 2.09. The number of pyridine rings is 1. The van der Waals surface area contributed by atoms with E-state index in [4.69, 9.17) is 0 Å². The molecule has 2 N–H and O–H groups in total. The van der Waals surface area contributed by atoms with E-state index in [2.05, 4.69) is 16.4 Å². The maximum Gasteiger partial charge on any atom is 0.251 e. The molecule has 0 unspecified atom stereocenters. The average molecular weight is 338 g/mol. The number of anilines is 1. The van der Waals surface area contributed by atoms with Crippen molar-refractivity contribution in [3.05, 3.63) is 75.3 Å². The van der Waals surface area contributed by atoms with Gasteiger partial charge in [-0.2, -0.15) is 0 Å². The Bertz CT molecular complexity index is 991. The maximum absolute atomic E-state index is 12.9. The number of amides is 1. The van der Waals surface area contributed by atoms with Crippen LogP contribution >= 0.6 is 0 Å². The van der Waals surface area contributed by atoms with E-state index < -0.39 is 0 Å². The Morgan fingerprint density at radius 2 is 1.84 bits per heavy atom. The van der Waals surface area contributed by atoms with Gasteiger partial charge < -0.3 is 10.3 Å². The first-order valence-corrected chi connectivity index (χ1v) is 8.11. The lowest BCUT2D eigenvalue weighted by molar-refractivity contribution is -0.116. The molecule has 0 atom stereocenters. The number of aromatic nitrogens is 1. The van der Waals surface area contributed by atoms with E-state index in [0.29, 0.717) is 17.7 Å². The summed E-state index contributed by atoms with van der Waals surface area (Å²) >= 11 is 0. The molecular formula is C20H19FN2O2. The number of benzene rings is 2. The van der Waals surface area contributed by atoms with Gasteiger partial charge in [-0.1, -0.05) is 6.07 Å². The summed E-state index contributed by atoms with van der Waals surface area (Å²) in [5.41, 5.74) is 3.92. The number of rotatable bonds is 4. The number of fused-ring (bicyclic) bond motifs is 1. The van der Waals surface area contributed by atoms with Crippen molar-refractivity contribution in [2.45, 2.75) is 26.7 Å². The van der Waals surface area contributed by atoms with E-state index in [9.17, 15) is 14.0 Å². The van der Waals surface area contributed by atoms with Gasteiger partial charge in [-0.05, 0) is 67.8 Å². The van der Waals surface area contributed by atoms with Gasteiger partial charge in [-0.25, -0.2) is 4.39 Å². The summed E-state index contributed by atoms with van der Waals surface area (Å²) in [6.45, 7) is 3.98. The van der Waals surface area contributed by atoms with Gasteiger partial charge in [-0.3, -0.25) is 9.59 Å². The molecule has 25 heavy (non-hydrogen) atoms. The lowest BCUT2D eigenvalue weighted by atomic mass is 10.0. The number of carbonyl (C=O) groups is 1. The van der Waals surface area contributed by atoms with Crippen molar-refractivity contribution in [3.63, 3.8) is 0 Å². The predicted octanol–water partition coefficient (Wildman–Crippen LogP) is 3.86. The number of aromatic amines is 1. The zero-order chi connectivity index (χ0) is 18.0. The molecule has 5 heteroatoms. The van der Waals surface area contributed by atoms with Crippen LogP contribution in [0.1, 0.15) is 23.1 Å². The molecule has 128 valence electrons. The highest BCUT2D eigenvalue weighted by atomic mass is 19.1. The van der Waals surface area contributed by atoms with Crippen molar-refractivity contribution >= 4 is 22.5 Å². The molecule has 0 saturated heterocycles. The summed E-state index contributed by atoms with van der Waals surface area (Å²) in [5, 5.41) is 3.68. The summed E-state index contributed by atoms with van der Waals surface area (Å²) in [6.07, 6.45) is 0.516. The van der Waals surface area contributed by atoms with Crippen molar-refractivity contribution in [1.82, 2.24) is 4.98 Å². The second-order valence-electron chi connectivity index (χ2n) is 6.22. The Morgan fingerprint density at radius 1 is 1.12 bits per heavy atom. The molecule has 0 fully saturated rings. The number of nitrogens with one attached hydrogen (secondary N) is 2. The highest BCUT2D eigenvalue weighted by Crippen LogP contribution is 2.19. The third kappa shape index (κ3) is 3.94. The van der Waals surface area contributed by atoms with E-state index in [1.165, 1.54) is 24.3 Å². The van der Waals surface area contributed by atoms with Crippen LogP contribution in [0.5, 0.6) is 0 Å². The van der Waals surface area contributed by atoms with Crippen LogP contribution < -0.4 is 10.9 Å². The van der Waals surface area contributed by atoms with Gasteiger partial charge in [0.25, 0.3) is 5.56 Å². The molecule has 0 bridgehead atoms. The number of carbonyl (C=O) groups excluding carboxylic acids is 1. The average Bonchev–Trinajstić information content (AvgIpc) is 2.55. The number of hydrogen-bond donors (Lipinski definition) is 2. The number of hydrogen-bond acceptors (Lipinski definition) is 2. The molecule has 3 rings (SSSR count). The van der Waals surface area contributed by atoms with E-state index in [1.807, 2.05) is 26.0 Å². The highest BCUT2D eigenvalue weighted by molar-refractivity contribution is 5.91. The predicted molar refractivity (Wildman–Crippen MR) is 97.4 cm³/mol. The van der Waals surface area contributed by atoms with Crippen molar-refractivity contribution < 1.29 is 9.18 Å². The molecule has 0 aliphatic rings.